The van der Waals surface area contributed by atoms with Gasteiger partial charge in [0, 0.05) is 34.9 Å². The number of nitrogens with one attached hydrogen (secondary N) is 2. The van der Waals surface area contributed by atoms with E-state index >= 15 is 0 Å². The zero-order valence-electron chi connectivity index (χ0n) is 12.8. The zero-order valence-corrected chi connectivity index (χ0v) is 13.6. The van der Waals surface area contributed by atoms with Gasteiger partial charge in [-0.05, 0) is 36.5 Å². The lowest BCUT2D eigenvalue weighted by molar-refractivity contribution is 0.0654. The highest BCUT2D eigenvalue weighted by Crippen LogP contribution is 2.32. The summed E-state index contributed by atoms with van der Waals surface area (Å²) >= 11 is 5.51. The van der Waals surface area contributed by atoms with Crippen LogP contribution in [0.4, 0.5) is 10.1 Å². The van der Waals surface area contributed by atoms with Crippen molar-refractivity contribution in [1.82, 2.24) is 9.88 Å². The van der Waals surface area contributed by atoms with E-state index in [1.807, 2.05) is 29.3 Å². The average Bonchev–Trinajstić information content (AvgIpc) is 3.21. The Bertz CT molecular complexity index is 895. The first-order valence-electron chi connectivity index (χ1n) is 7.73. The number of benzene rings is 2. The molecule has 4 rings (SSSR count). The molecule has 0 spiro atoms. The Hall–Kier alpha value is -2.44. The number of aromatic nitrogens is 1. The van der Waals surface area contributed by atoms with Crippen LogP contribution in [0.2, 0.25) is 0 Å². The summed E-state index contributed by atoms with van der Waals surface area (Å²) in [5, 5.41) is 4.73. The lowest BCUT2D eigenvalue weighted by Gasteiger charge is -2.26. The molecule has 0 aliphatic carbocycles. The molecule has 1 saturated heterocycles. The SMILES string of the molecule is Fc1cccc(NC(=S)N2CCOC2c2c[nH]c3ccccc23)c1. The molecule has 122 valence electrons. The minimum Gasteiger partial charge on any atom is -0.361 e. The fourth-order valence-electron chi connectivity index (χ4n) is 3.00. The maximum Gasteiger partial charge on any atom is 0.175 e. The topological polar surface area (TPSA) is 40.3 Å². The van der Waals surface area contributed by atoms with Gasteiger partial charge in [0.2, 0.25) is 0 Å². The molecule has 0 bridgehead atoms. The molecule has 24 heavy (non-hydrogen) atoms. The van der Waals surface area contributed by atoms with E-state index in [0.29, 0.717) is 24.0 Å². The summed E-state index contributed by atoms with van der Waals surface area (Å²) in [5.74, 6) is -0.298. The highest BCUT2D eigenvalue weighted by molar-refractivity contribution is 7.80. The van der Waals surface area contributed by atoms with Crippen LogP contribution in [0.25, 0.3) is 10.9 Å². The third-order valence-corrected chi connectivity index (χ3v) is 4.45. The quantitative estimate of drug-likeness (QED) is 0.690. The molecule has 1 atom stereocenters. The van der Waals surface area contributed by atoms with Gasteiger partial charge in [0.25, 0.3) is 0 Å². The van der Waals surface area contributed by atoms with Crippen LogP contribution < -0.4 is 5.32 Å². The number of hydrogen-bond donors (Lipinski definition) is 2. The second kappa shape index (κ2) is 6.22. The third kappa shape index (κ3) is 2.74. The molecule has 2 heterocycles. The zero-order chi connectivity index (χ0) is 16.5. The van der Waals surface area contributed by atoms with E-state index in [2.05, 4.69) is 16.4 Å². The minimum atomic E-state index is -0.298. The molecule has 2 N–H and O–H groups in total. The first kappa shape index (κ1) is 15.1. The first-order valence-corrected chi connectivity index (χ1v) is 8.14. The van der Waals surface area contributed by atoms with Crippen molar-refractivity contribution in [3.8, 4) is 0 Å². The molecule has 0 amide bonds. The molecule has 1 unspecified atom stereocenters. The number of H-pyrrole nitrogens is 1. The van der Waals surface area contributed by atoms with Gasteiger partial charge >= 0.3 is 0 Å². The number of ether oxygens (including phenoxy) is 1. The molecular weight excluding hydrogens is 325 g/mol. The van der Waals surface area contributed by atoms with Gasteiger partial charge in [-0.1, -0.05) is 24.3 Å². The van der Waals surface area contributed by atoms with Gasteiger partial charge in [-0.2, -0.15) is 0 Å². The third-order valence-electron chi connectivity index (χ3n) is 4.12. The number of halogens is 1. The summed E-state index contributed by atoms with van der Waals surface area (Å²) in [7, 11) is 0. The largest absolute Gasteiger partial charge is 0.361 e. The van der Waals surface area contributed by atoms with Gasteiger partial charge in [0.05, 0.1) is 6.61 Å². The van der Waals surface area contributed by atoms with Crippen molar-refractivity contribution in [2.75, 3.05) is 18.5 Å². The number of fused-ring (bicyclic) bond motifs is 1. The standard InChI is InChI=1S/C18H16FN3OS/c19-12-4-3-5-13(10-12)21-18(24)22-8-9-23-17(22)15-11-20-16-7-2-1-6-14(15)16/h1-7,10-11,17,20H,8-9H2,(H,21,24). The lowest BCUT2D eigenvalue weighted by atomic mass is 10.1. The summed E-state index contributed by atoms with van der Waals surface area (Å²) in [6.07, 6.45) is 1.70. The first-order chi connectivity index (χ1) is 11.7. The second-order valence-electron chi connectivity index (χ2n) is 5.65. The van der Waals surface area contributed by atoms with Crippen LogP contribution in [0.3, 0.4) is 0 Å². The molecule has 4 nitrogen and oxygen atoms in total. The molecule has 6 heteroatoms. The van der Waals surface area contributed by atoms with Gasteiger partial charge in [0.15, 0.2) is 11.3 Å². The van der Waals surface area contributed by atoms with Crippen LogP contribution in [0.1, 0.15) is 11.8 Å². The molecule has 2 aromatic carbocycles. The maximum atomic E-state index is 13.3. The Labute approximate surface area is 144 Å². The summed E-state index contributed by atoms with van der Waals surface area (Å²) in [5.41, 5.74) is 2.74. The molecule has 1 fully saturated rings. The maximum absolute atomic E-state index is 13.3. The van der Waals surface area contributed by atoms with Gasteiger partial charge < -0.3 is 19.9 Å². The minimum absolute atomic E-state index is 0.255. The van der Waals surface area contributed by atoms with Gasteiger partial charge in [-0.25, -0.2) is 4.39 Å². The van der Waals surface area contributed by atoms with Crippen LogP contribution in [-0.2, 0) is 4.74 Å². The number of nitrogens with zero attached hydrogens (tertiary/aromatic N) is 1. The van der Waals surface area contributed by atoms with Crippen molar-refractivity contribution in [3.63, 3.8) is 0 Å². The second-order valence-corrected chi connectivity index (χ2v) is 6.03. The Morgan fingerprint density at radius 3 is 3.00 bits per heavy atom. The van der Waals surface area contributed by atoms with Crippen molar-refractivity contribution in [3.05, 3.63) is 66.1 Å². The van der Waals surface area contributed by atoms with Crippen molar-refractivity contribution < 1.29 is 9.13 Å². The Morgan fingerprint density at radius 2 is 2.12 bits per heavy atom. The van der Waals surface area contributed by atoms with Crippen LogP contribution in [0, 0.1) is 5.82 Å². The van der Waals surface area contributed by atoms with Crippen molar-refractivity contribution >= 4 is 33.9 Å². The number of anilines is 1. The Balaban J connectivity index is 1.59. The summed E-state index contributed by atoms with van der Waals surface area (Å²) < 4.78 is 19.2. The van der Waals surface area contributed by atoms with E-state index in [-0.39, 0.29) is 12.0 Å². The summed E-state index contributed by atoms with van der Waals surface area (Å²) in [6, 6.07) is 14.3. The predicted molar refractivity (Wildman–Crippen MR) is 96.3 cm³/mol. The predicted octanol–water partition coefficient (Wildman–Crippen LogP) is 4.03. The molecule has 0 saturated carbocycles. The monoisotopic (exact) mass is 341 g/mol. The van der Waals surface area contributed by atoms with E-state index in [1.54, 1.807) is 12.1 Å². The van der Waals surface area contributed by atoms with Crippen molar-refractivity contribution in [2.24, 2.45) is 0 Å². The average molecular weight is 341 g/mol. The van der Waals surface area contributed by atoms with Gasteiger partial charge in [-0.15, -0.1) is 0 Å². The van der Waals surface area contributed by atoms with Crippen LogP contribution in [0.5, 0.6) is 0 Å². The van der Waals surface area contributed by atoms with E-state index in [9.17, 15) is 4.39 Å². The molecular formula is C18H16FN3OS. The van der Waals surface area contributed by atoms with E-state index in [0.717, 1.165) is 16.5 Å². The fourth-order valence-corrected chi connectivity index (χ4v) is 3.30. The van der Waals surface area contributed by atoms with Crippen molar-refractivity contribution in [2.45, 2.75) is 6.23 Å². The number of thiocarbonyl (C=S) groups is 1. The fraction of sp³-hybridized carbons (Fsp3) is 0.167. The van der Waals surface area contributed by atoms with Crippen LogP contribution in [0.15, 0.2) is 54.7 Å². The number of para-hydroxylation sites is 1. The summed E-state index contributed by atoms with van der Waals surface area (Å²) in [6.45, 7) is 1.28. The van der Waals surface area contributed by atoms with Crippen LogP contribution in [-0.4, -0.2) is 28.1 Å². The van der Waals surface area contributed by atoms with E-state index in [1.165, 1.54) is 12.1 Å². The highest BCUT2D eigenvalue weighted by atomic mass is 32.1. The molecule has 3 aromatic rings. The van der Waals surface area contributed by atoms with E-state index < -0.39 is 0 Å². The Morgan fingerprint density at radius 1 is 1.25 bits per heavy atom. The summed E-state index contributed by atoms with van der Waals surface area (Å²) in [4.78, 5) is 5.24. The van der Waals surface area contributed by atoms with Gasteiger partial charge in [0.1, 0.15) is 5.82 Å². The number of rotatable bonds is 2. The molecule has 1 aliphatic heterocycles. The highest BCUT2D eigenvalue weighted by Gasteiger charge is 2.30. The lowest BCUT2D eigenvalue weighted by Crippen LogP contribution is -2.34. The van der Waals surface area contributed by atoms with Crippen LogP contribution >= 0.6 is 12.2 Å². The normalized spacial score (nSPS) is 17.4. The van der Waals surface area contributed by atoms with Gasteiger partial charge in [-0.3, -0.25) is 0 Å². The Kier molecular flexibility index (Phi) is 3.92. The molecule has 1 aromatic heterocycles. The molecule has 0 radical (unpaired) electrons. The number of aromatic amines is 1. The number of hydrogen-bond acceptors (Lipinski definition) is 2. The van der Waals surface area contributed by atoms with Crippen molar-refractivity contribution in [1.29, 1.82) is 0 Å². The molecule has 1 aliphatic rings. The smallest absolute Gasteiger partial charge is 0.175 e. The van der Waals surface area contributed by atoms with E-state index in [4.69, 9.17) is 17.0 Å².